The first-order chi connectivity index (χ1) is 12.1. The Bertz CT molecular complexity index is 901. The van der Waals surface area contributed by atoms with Crippen molar-refractivity contribution in [2.45, 2.75) is 13.3 Å². The number of hydrogen-bond donors (Lipinski definition) is 2. The molecule has 25 heavy (non-hydrogen) atoms. The molecule has 2 heterocycles. The van der Waals surface area contributed by atoms with Gasteiger partial charge in [-0.3, -0.25) is 0 Å². The minimum atomic E-state index is 0.560. The number of aromatic amines is 1. The number of H-pyrrole nitrogens is 1. The molecule has 0 spiro atoms. The number of amidine groups is 1. The third kappa shape index (κ3) is 4.00. The SMILES string of the molecule is CC/C(=C\CN(C)C)c1c[nH]c2ccc(N=C(N)c3cccs3)cc12. The largest absolute Gasteiger partial charge is 0.383 e. The fourth-order valence-corrected chi connectivity index (χ4v) is 3.43. The number of benzene rings is 1. The Kier molecular flexibility index (Phi) is 5.36. The van der Waals surface area contributed by atoms with E-state index in [1.165, 1.54) is 16.5 Å². The number of thiophene rings is 1. The number of rotatable bonds is 6. The van der Waals surface area contributed by atoms with Crippen LogP contribution in [0.25, 0.3) is 16.5 Å². The van der Waals surface area contributed by atoms with Crippen LogP contribution >= 0.6 is 11.3 Å². The summed E-state index contributed by atoms with van der Waals surface area (Å²) in [5.41, 5.74) is 10.7. The van der Waals surface area contributed by atoms with Crippen LogP contribution in [0.1, 0.15) is 23.8 Å². The van der Waals surface area contributed by atoms with Crippen molar-refractivity contribution in [1.29, 1.82) is 0 Å². The lowest BCUT2D eigenvalue weighted by molar-refractivity contribution is 0.456. The van der Waals surface area contributed by atoms with Gasteiger partial charge in [0.2, 0.25) is 0 Å². The van der Waals surface area contributed by atoms with Gasteiger partial charge in [0.1, 0.15) is 5.84 Å². The minimum Gasteiger partial charge on any atom is -0.383 e. The van der Waals surface area contributed by atoms with Gasteiger partial charge < -0.3 is 15.6 Å². The molecule has 1 aromatic carbocycles. The molecule has 4 nitrogen and oxygen atoms in total. The molecule has 0 aliphatic carbocycles. The molecule has 0 aliphatic heterocycles. The van der Waals surface area contributed by atoms with Crippen LogP contribution in [-0.4, -0.2) is 36.4 Å². The summed E-state index contributed by atoms with van der Waals surface area (Å²) in [6, 6.07) is 10.2. The van der Waals surface area contributed by atoms with E-state index in [0.717, 1.165) is 29.0 Å². The van der Waals surface area contributed by atoms with Gasteiger partial charge in [-0.2, -0.15) is 0 Å². The summed E-state index contributed by atoms with van der Waals surface area (Å²) >= 11 is 1.60. The first kappa shape index (κ1) is 17.5. The number of nitrogens with one attached hydrogen (secondary N) is 1. The Morgan fingerprint density at radius 3 is 2.84 bits per heavy atom. The second-order valence-corrected chi connectivity index (χ2v) is 7.20. The molecule has 3 rings (SSSR count). The highest BCUT2D eigenvalue weighted by Gasteiger charge is 2.09. The van der Waals surface area contributed by atoms with Crippen LogP contribution < -0.4 is 5.73 Å². The van der Waals surface area contributed by atoms with Crippen molar-refractivity contribution in [2.75, 3.05) is 20.6 Å². The lowest BCUT2D eigenvalue weighted by atomic mass is 10.0. The average Bonchev–Trinajstić information content (AvgIpc) is 3.25. The van der Waals surface area contributed by atoms with E-state index in [2.05, 4.69) is 60.3 Å². The Balaban J connectivity index is 1.99. The molecule has 0 radical (unpaired) electrons. The molecule has 3 aromatic rings. The molecule has 0 saturated carbocycles. The van der Waals surface area contributed by atoms with Crippen molar-refractivity contribution in [3.05, 3.63) is 58.4 Å². The predicted octanol–water partition coefficient (Wildman–Crippen LogP) is 4.62. The molecule has 3 N–H and O–H groups in total. The molecular weight excluding hydrogens is 328 g/mol. The molecule has 0 aliphatic rings. The number of likely N-dealkylation sites (N-methyl/N-ethyl adjacent to an activating group) is 1. The normalized spacial score (nSPS) is 13.1. The Labute approximate surface area is 152 Å². The van der Waals surface area contributed by atoms with E-state index in [1.807, 2.05) is 23.6 Å². The zero-order valence-electron chi connectivity index (χ0n) is 14.9. The summed E-state index contributed by atoms with van der Waals surface area (Å²) in [5.74, 6) is 0.560. The van der Waals surface area contributed by atoms with Crippen LogP contribution in [-0.2, 0) is 0 Å². The van der Waals surface area contributed by atoms with E-state index in [0.29, 0.717) is 5.84 Å². The molecule has 0 fully saturated rings. The summed E-state index contributed by atoms with van der Waals surface area (Å²) in [6.45, 7) is 3.12. The summed E-state index contributed by atoms with van der Waals surface area (Å²) in [4.78, 5) is 11.1. The van der Waals surface area contributed by atoms with E-state index in [9.17, 15) is 0 Å². The highest BCUT2D eigenvalue weighted by Crippen LogP contribution is 2.30. The summed E-state index contributed by atoms with van der Waals surface area (Å²) in [6.07, 6.45) is 5.37. The van der Waals surface area contributed by atoms with E-state index >= 15 is 0 Å². The zero-order valence-corrected chi connectivity index (χ0v) is 15.7. The maximum atomic E-state index is 6.13. The van der Waals surface area contributed by atoms with Crippen molar-refractivity contribution in [1.82, 2.24) is 9.88 Å². The van der Waals surface area contributed by atoms with Crippen LogP contribution in [0.5, 0.6) is 0 Å². The Hall–Kier alpha value is -2.37. The van der Waals surface area contributed by atoms with Gasteiger partial charge in [0.05, 0.1) is 10.6 Å². The smallest absolute Gasteiger partial charge is 0.141 e. The highest BCUT2D eigenvalue weighted by molar-refractivity contribution is 7.12. The number of hydrogen-bond acceptors (Lipinski definition) is 3. The third-order valence-corrected chi connectivity index (χ3v) is 5.01. The van der Waals surface area contributed by atoms with Gasteiger partial charge in [-0.25, -0.2) is 4.99 Å². The van der Waals surface area contributed by atoms with Crippen LogP contribution in [0.15, 0.2) is 53.0 Å². The molecule has 5 heteroatoms. The molecule has 0 bridgehead atoms. The van der Waals surface area contributed by atoms with Crippen LogP contribution in [0.3, 0.4) is 0 Å². The van der Waals surface area contributed by atoms with Crippen molar-refractivity contribution < 1.29 is 0 Å². The lowest BCUT2D eigenvalue weighted by Gasteiger charge is -2.09. The average molecular weight is 353 g/mol. The third-order valence-electron chi connectivity index (χ3n) is 4.12. The van der Waals surface area contributed by atoms with E-state index < -0.39 is 0 Å². The van der Waals surface area contributed by atoms with Crippen LogP contribution in [0.2, 0.25) is 0 Å². The monoisotopic (exact) mass is 352 g/mol. The Morgan fingerprint density at radius 1 is 1.32 bits per heavy atom. The van der Waals surface area contributed by atoms with Gasteiger partial charge in [0.25, 0.3) is 0 Å². The van der Waals surface area contributed by atoms with E-state index in [-0.39, 0.29) is 0 Å². The molecule has 0 amide bonds. The molecule has 0 saturated heterocycles. The topological polar surface area (TPSA) is 57.4 Å². The van der Waals surface area contributed by atoms with Gasteiger partial charge in [-0.15, -0.1) is 11.3 Å². The number of aliphatic imine (C=N–C) groups is 1. The summed E-state index contributed by atoms with van der Waals surface area (Å²) in [7, 11) is 4.17. The molecular formula is C20H24N4S. The van der Waals surface area contributed by atoms with Crippen molar-refractivity contribution in [3.8, 4) is 0 Å². The summed E-state index contributed by atoms with van der Waals surface area (Å²) < 4.78 is 0. The second kappa shape index (κ2) is 7.68. The number of aromatic nitrogens is 1. The van der Waals surface area contributed by atoms with Crippen LogP contribution in [0.4, 0.5) is 5.69 Å². The van der Waals surface area contributed by atoms with Crippen molar-refractivity contribution in [2.24, 2.45) is 10.7 Å². The zero-order chi connectivity index (χ0) is 17.8. The predicted molar refractivity (Wildman–Crippen MR) is 110 cm³/mol. The second-order valence-electron chi connectivity index (χ2n) is 6.25. The Morgan fingerprint density at radius 2 is 2.16 bits per heavy atom. The lowest BCUT2D eigenvalue weighted by Crippen LogP contribution is -2.11. The summed E-state index contributed by atoms with van der Waals surface area (Å²) in [5, 5.41) is 3.20. The number of nitrogens with two attached hydrogens (primary N) is 1. The van der Waals surface area contributed by atoms with E-state index in [4.69, 9.17) is 5.73 Å². The first-order valence-electron chi connectivity index (χ1n) is 8.41. The number of fused-ring (bicyclic) bond motifs is 1. The van der Waals surface area contributed by atoms with Crippen molar-refractivity contribution >= 4 is 39.3 Å². The highest BCUT2D eigenvalue weighted by atomic mass is 32.1. The van der Waals surface area contributed by atoms with Gasteiger partial charge in [0.15, 0.2) is 0 Å². The molecule has 2 aromatic heterocycles. The first-order valence-corrected chi connectivity index (χ1v) is 9.29. The number of nitrogens with zero attached hydrogens (tertiary/aromatic N) is 2. The maximum Gasteiger partial charge on any atom is 0.141 e. The molecule has 0 unspecified atom stereocenters. The quantitative estimate of drug-likeness (QED) is 0.502. The minimum absolute atomic E-state index is 0.560. The molecule has 130 valence electrons. The van der Waals surface area contributed by atoms with Gasteiger partial charge >= 0.3 is 0 Å². The van der Waals surface area contributed by atoms with E-state index in [1.54, 1.807) is 11.3 Å². The van der Waals surface area contributed by atoms with Crippen LogP contribution in [0, 0.1) is 0 Å². The fourth-order valence-electron chi connectivity index (χ4n) is 2.80. The van der Waals surface area contributed by atoms with Gasteiger partial charge in [-0.05, 0) is 55.7 Å². The number of allylic oxidation sites excluding steroid dienone is 1. The van der Waals surface area contributed by atoms with Crippen molar-refractivity contribution in [3.63, 3.8) is 0 Å². The van der Waals surface area contributed by atoms with Gasteiger partial charge in [-0.1, -0.05) is 19.1 Å². The standard InChI is InChI=1S/C20H24N4S/c1-4-14(9-10-24(2)3)17-13-22-18-8-7-15(12-16(17)18)23-20(21)19-6-5-11-25-19/h5-9,11-13,22H,4,10H2,1-3H3,(H2,21,23)/b14-9+. The fraction of sp³-hybridized carbons (Fsp3) is 0.250. The maximum absolute atomic E-state index is 6.13. The molecule has 0 atom stereocenters. The van der Waals surface area contributed by atoms with Gasteiger partial charge in [0, 0.05) is 29.2 Å².